The molecule has 182 valence electrons. The molecule has 0 unspecified atom stereocenters. The van der Waals surface area contributed by atoms with Crippen LogP contribution in [0.4, 0.5) is 20.6 Å². The second-order valence-electron chi connectivity index (χ2n) is 8.53. The molecule has 2 aliphatic rings. The fourth-order valence-electron chi connectivity index (χ4n) is 4.91. The monoisotopic (exact) mass is 499 g/mol. The lowest BCUT2D eigenvalue weighted by Gasteiger charge is -2.33. The number of anilines is 2. The van der Waals surface area contributed by atoms with E-state index in [2.05, 4.69) is 20.6 Å². The van der Waals surface area contributed by atoms with Gasteiger partial charge >= 0.3 is 6.09 Å². The Morgan fingerprint density at radius 3 is 2.89 bits per heavy atom. The zero-order valence-corrected chi connectivity index (χ0v) is 19.8. The lowest BCUT2D eigenvalue weighted by Crippen LogP contribution is -2.49. The zero-order chi connectivity index (χ0) is 24.7. The van der Waals surface area contributed by atoms with E-state index in [1.54, 1.807) is 23.1 Å². The summed E-state index contributed by atoms with van der Waals surface area (Å²) in [5.41, 5.74) is 1.88. The number of rotatable bonds is 4. The van der Waals surface area contributed by atoms with Crippen LogP contribution in [-0.4, -0.2) is 60.7 Å². The molecule has 5 rings (SSSR count). The van der Waals surface area contributed by atoms with E-state index in [4.69, 9.17) is 21.1 Å². The van der Waals surface area contributed by atoms with E-state index < -0.39 is 17.3 Å². The number of para-hydroxylation sites is 1. The molecular formula is C24H23ClFN5O4. The third-order valence-corrected chi connectivity index (χ3v) is 6.90. The van der Waals surface area contributed by atoms with Gasteiger partial charge in [-0.2, -0.15) is 0 Å². The molecule has 3 aromatic rings. The zero-order valence-electron chi connectivity index (χ0n) is 19.1. The molecule has 2 aromatic heterocycles. The van der Waals surface area contributed by atoms with Crippen LogP contribution in [0.15, 0.2) is 36.7 Å². The maximum Gasteiger partial charge on any atom is 0.409 e. The second kappa shape index (κ2) is 8.77. The molecule has 1 atom stereocenters. The largest absolute Gasteiger partial charge is 0.493 e. The summed E-state index contributed by atoms with van der Waals surface area (Å²) in [5.74, 6) is -0.485. The number of benzene rings is 1. The van der Waals surface area contributed by atoms with Gasteiger partial charge < -0.3 is 30.0 Å². The Hall–Kier alpha value is -3.79. The third kappa shape index (κ3) is 3.74. The van der Waals surface area contributed by atoms with E-state index in [0.29, 0.717) is 65.2 Å². The number of methoxy groups -OCH3 is 2. The minimum atomic E-state index is -0.589. The van der Waals surface area contributed by atoms with Crippen molar-refractivity contribution in [1.82, 2.24) is 20.2 Å². The van der Waals surface area contributed by atoms with Gasteiger partial charge in [0.05, 0.1) is 48.1 Å². The van der Waals surface area contributed by atoms with E-state index >= 15 is 0 Å². The van der Waals surface area contributed by atoms with E-state index in [0.717, 1.165) is 6.20 Å². The number of aromatic nitrogens is 2. The smallest absolute Gasteiger partial charge is 0.409 e. The lowest BCUT2D eigenvalue weighted by molar-refractivity contribution is 0.0924. The number of H-pyrrole nitrogens is 1. The van der Waals surface area contributed by atoms with Crippen LogP contribution >= 0.6 is 11.6 Å². The number of carbonyl (C=O) groups excluding carboxylic acids is 2. The normalized spacial score (nSPS) is 18.9. The van der Waals surface area contributed by atoms with Crippen LogP contribution in [0.25, 0.3) is 11.3 Å². The summed E-state index contributed by atoms with van der Waals surface area (Å²) in [6.07, 6.45) is 2.75. The number of likely N-dealkylation sites (tertiary alicyclic amines) is 1. The molecule has 2 aliphatic heterocycles. The van der Waals surface area contributed by atoms with Crippen molar-refractivity contribution in [2.75, 3.05) is 39.2 Å². The van der Waals surface area contributed by atoms with Crippen LogP contribution in [-0.2, 0) is 10.2 Å². The summed E-state index contributed by atoms with van der Waals surface area (Å²) in [6, 6.07) is 6.71. The van der Waals surface area contributed by atoms with Gasteiger partial charge in [0, 0.05) is 42.5 Å². The van der Waals surface area contributed by atoms with E-state index in [1.807, 2.05) is 0 Å². The summed E-state index contributed by atoms with van der Waals surface area (Å²) >= 11 is 6.31. The van der Waals surface area contributed by atoms with Gasteiger partial charge in [-0.25, -0.2) is 9.18 Å². The van der Waals surface area contributed by atoms with Gasteiger partial charge in [-0.3, -0.25) is 9.78 Å². The van der Waals surface area contributed by atoms with Crippen LogP contribution < -0.4 is 15.4 Å². The number of amides is 2. The van der Waals surface area contributed by atoms with Gasteiger partial charge in [-0.15, -0.1) is 0 Å². The number of nitrogens with zero attached hydrogens (tertiary/aromatic N) is 2. The second-order valence-corrected chi connectivity index (χ2v) is 8.94. The Morgan fingerprint density at radius 2 is 2.14 bits per heavy atom. The maximum atomic E-state index is 14.9. The van der Waals surface area contributed by atoms with Crippen molar-refractivity contribution in [3.63, 3.8) is 0 Å². The number of fused-ring (bicyclic) bond motifs is 2. The molecule has 2 amide bonds. The fourth-order valence-corrected chi connectivity index (χ4v) is 5.16. The summed E-state index contributed by atoms with van der Waals surface area (Å²) < 4.78 is 25.3. The SMILES string of the molecule is COC(=O)N1CC[C@]2(CNC(=O)c3c2[nH]c(-c2ccncc2F)c3Nc2cccc(Cl)c2OC)C1. The molecule has 4 heterocycles. The van der Waals surface area contributed by atoms with Crippen molar-refractivity contribution in [2.45, 2.75) is 11.8 Å². The summed E-state index contributed by atoms with van der Waals surface area (Å²) in [6.45, 7) is 1.13. The van der Waals surface area contributed by atoms with Crippen LogP contribution in [0.1, 0.15) is 22.5 Å². The predicted octanol–water partition coefficient (Wildman–Crippen LogP) is 4.07. The van der Waals surface area contributed by atoms with Crippen molar-refractivity contribution in [3.8, 4) is 17.0 Å². The lowest BCUT2D eigenvalue weighted by atomic mass is 9.79. The fraction of sp³-hybridized carbons (Fsp3) is 0.292. The van der Waals surface area contributed by atoms with E-state index in [-0.39, 0.29) is 11.5 Å². The van der Waals surface area contributed by atoms with Crippen LogP contribution in [0.3, 0.4) is 0 Å². The molecule has 3 N–H and O–H groups in total. The standard InChI is InChI=1S/C24H23ClFN5O4/c1-34-20-14(25)4-3-5-16(20)29-19-17-21(30-18(19)13-6-8-27-10-15(13)26)24(11-28-22(17)32)7-9-31(12-24)23(33)35-2/h3-6,8,10,29-30H,7,9,11-12H2,1-2H3,(H,28,32)/t24-/m0/s1. The predicted molar refractivity (Wildman–Crippen MR) is 128 cm³/mol. The van der Waals surface area contributed by atoms with Gasteiger partial charge in [-0.1, -0.05) is 17.7 Å². The van der Waals surface area contributed by atoms with Crippen LogP contribution in [0.5, 0.6) is 5.75 Å². The first kappa shape index (κ1) is 23.0. The molecule has 35 heavy (non-hydrogen) atoms. The van der Waals surface area contributed by atoms with Gasteiger partial charge in [-0.05, 0) is 24.6 Å². The molecule has 0 saturated carbocycles. The highest BCUT2D eigenvalue weighted by molar-refractivity contribution is 6.32. The molecule has 0 aliphatic carbocycles. The molecule has 0 radical (unpaired) electrons. The number of nitrogens with one attached hydrogen (secondary N) is 3. The number of halogens is 2. The minimum Gasteiger partial charge on any atom is -0.493 e. The summed E-state index contributed by atoms with van der Waals surface area (Å²) in [7, 11) is 2.82. The molecular weight excluding hydrogens is 477 g/mol. The average molecular weight is 500 g/mol. The quantitative estimate of drug-likeness (QED) is 0.499. The third-order valence-electron chi connectivity index (χ3n) is 6.60. The molecule has 11 heteroatoms. The highest BCUT2D eigenvalue weighted by atomic mass is 35.5. The first-order chi connectivity index (χ1) is 16.9. The topological polar surface area (TPSA) is 109 Å². The minimum absolute atomic E-state index is 0.240. The Kier molecular flexibility index (Phi) is 5.76. The van der Waals surface area contributed by atoms with E-state index in [9.17, 15) is 14.0 Å². The first-order valence-electron chi connectivity index (χ1n) is 11.0. The van der Waals surface area contributed by atoms with Crippen LogP contribution in [0.2, 0.25) is 5.02 Å². The Bertz CT molecular complexity index is 1330. The molecule has 1 saturated heterocycles. The molecule has 1 spiro atoms. The van der Waals surface area contributed by atoms with Crippen molar-refractivity contribution in [3.05, 3.63) is 58.8 Å². The summed E-state index contributed by atoms with van der Waals surface area (Å²) in [4.78, 5) is 34.2. The van der Waals surface area contributed by atoms with Crippen molar-refractivity contribution in [1.29, 1.82) is 0 Å². The Morgan fingerprint density at radius 1 is 1.31 bits per heavy atom. The van der Waals surface area contributed by atoms with Gasteiger partial charge in [0.2, 0.25) is 0 Å². The highest BCUT2D eigenvalue weighted by Crippen LogP contribution is 2.46. The van der Waals surface area contributed by atoms with Gasteiger partial charge in [0.25, 0.3) is 5.91 Å². The highest BCUT2D eigenvalue weighted by Gasteiger charge is 2.49. The number of hydrogen-bond donors (Lipinski definition) is 3. The maximum absolute atomic E-state index is 14.9. The molecule has 1 aromatic carbocycles. The van der Waals surface area contributed by atoms with Crippen molar-refractivity contribution in [2.24, 2.45) is 0 Å². The first-order valence-corrected chi connectivity index (χ1v) is 11.3. The Balaban J connectivity index is 1.71. The number of pyridine rings is 1. The van der Waals surface area contributed by atoms with Gasteiger partial charge in [0.15, 0.2) is 11.6 Å². The van der Waals surface area contributed by atoms with Crippen LogP contribution in [0, 0.1) is 5.82 Å². The summed E-state index contributed by atoms with van der Waals surface area (Å²) in [5, 5.41) is 6.59. The van der Waals surface area contributed by atoms with E-state index in [1.165, 1.54) is 26.5 Å². The van der Waals surface area contributed by atoms with Gasteiger partial charge in [0.1, 0.15) is 0 Å². The molecule has 9 nitrogen and oxygen atoms in total. The average Bonchev–Trinajstić information content (AvgIpc) is 3.45. The number of aromatic amines is 1. The molecule has 0 bridgehead atoms. The number of ether oxygens (including phenoxy) is 2. The number of carbonyl (C=O) groups is 2. The number of hydrogen-bond acceptors (Lipinski definition) is 6. The Labute approximate surface area is 205 Å². The van der Waals surface area contributed by atoms with Crippen molar-refractivity contribution < 1.29 is 23.5 Å². The van der Waals surface area contributed by atoms with Crippen molar-refractivity contribution >= 4 is 35.0 Å². The molecule has 1 fully saturated rings.